The molecule has 7 heteroatoms. The van der Waals surface area contributed by atoms with Gasteiger partial charge in [0.2, 0.25) is 11.8 Å². The van der Waals surface area contributed by atoms with Crippen LogP contribution in [0.5, 0.6) is 17.8 Å². The lowest BCUT2D eigenvalue weighted by Crippen LogP contribution is -2.43. The maximum absolute atomic E-state index is 9.18. The van der Waals surface area contributed by atoms with E-state index in [2.05, 4.69) is 34.2 Å². The molecule has 1 aromatic carbocycles. The molecule has 0 fully saturated rings. The van der Waals surface area contributed by atoms with Gasteiger partial charge in [-0.3, -0.25) is 0 Å². The van der Waals surface area contributed by atoms with Crippen molar-refractivity contribution >= 4 is 12.3 Å². The Morgan fingerprint density at radius 3 is 2.57 bits per heavy atom. The fourth-order valence-corrected chi connectivity index (χ4v) is 3.23. The Balaban J connectivity index is 1.94. The zero-order valence-electron chi connectivity index (χ0n) is 17.2. The van der Waals surface area contributed by atoms with Gasteiger partial charge in [-0.05, 0) is 18.6 Å². The average Bonchev–Trinajstić information content (AvgIpc) is 2.75. The number of ether oxygens (including phenoxy) is 3. The van der Waals surface area contributed by atoms with Gasteiger partial charge in [-0.25, -0.2) is 0 Å². The number of hydrogen-bond donors (Lipinski definition) is 1. The van der Waals surface area contributed by atoms with Gasteiger partial charge in [0, 0.05) is 6.42 Å². The van der Waals surface area contributed by atoms with Crippen LogP contribution < -0.4 is 14.2 Å². The molecule has 1 aromatic heterocycles. The number of rotatable bonds is 8. The highest BCUT2D eigenvalue weighted by atomic mass is 16.5. The summed E-state index contributed by atoms with van der Waals surface area (Å²) >= 11 is 0. The molecule has 2 atom stereocenters. The van der Waals surface area contributed by atoms with E-state index in [1.807, 2.05) is 48.6 Å². The van der Waals surface area contributed by atoms with Crippen LogP contribution in [-0.2, 0) is 0 Å². The molecule has 3 rings (SSSR count). The molecule has 2 aromatic rings. The molecule has 0 aliphatic heterocycles. The summed E-state index contributed by atoms with van der Waals surface area (Å²) in [6.45, 7) is 2.05. The molecule has 7 nitrogen and oxygen atoms in total. The van der Waals surface area contributed by atoms with Crippen LogP contribution in [0.1, 0.15) is 17.5 Å². The van der Waals surface area contributed by atoms with Gasteiger partial charge in [0.05, 0.1) is 32.4 Å². The van der Waals surface area contributed by atoms with Crippen molar-refractivity contribution < 1.29 is 19.4 Å². The molecule has 0 radical (unpaired) electrons. The van der Waals surface area contributed by atoms with E-state index in [1.165, 1.54) is 26.0 Å². The molecule has 1 aliphatic carbocycles. The number of aryl methyl sites for hydroxylation is 1. The number of allylic oxidation sites excluding steroid dienone is 2. The molecule has 0 amide bonds. The van der Waals surface area contributed by atoms with Crippen molar-refractivity contribution in [1.29, 1.82) is 0 Å². The standard InChI is InChI=1S/C23H25N3O4/c1-17-8-6-9-18(14-17)10-7-13-23(12-5-4-11-19(23)16-24-27)30-22-25-20(28-2)15-21(26-22)29-3/h4-12,14-16,19,27H,13H2,1-3H3. The molecular weight excluding hydrogens is 382 g/mol. The second-order valence-corrected chi connectivity index (χ2v) is 6.85. The van der Waals surface area contributed by atoms with Crippen LogP contribution in [0.15, 0.2) is 65.9 Å². The quantitative estimate of drug-likeness (QED) is 0.400. The topological polar surface area (TPSA) is 86.1 Å². The first-order valence-electron chi connectivity index (χ1n) is 9.51. The number of hydrogen-bond acceptors (Lipinski definition) is 7. The molecular formula is C23H25N3O4. The number of aromatic nitrogens is 2. The average molecular weight is 407 g/mol. The number of methoxy groups -OCH3 is 2. The second-order valence-electron chi connectivity index (χ2n) is 6.85. The van der Waals surface area contributed by atoms with Gasteiger partial charge in [-0.15, -0.1) is 5.16 Å². The summed E-state index contributed by atoms with van der Waals surface area (Å²) < 4.78 is 16.7. The maximum atomic E-state index is 9.18. The minimum atomic E-state index is -0.890. The Morgan fingerprint density at radius 2 is 1.90 bits per heavy atom. The maximum Gasteiger partial charge on any atom is 0.324 e. The number of oxime groups is 1. The predicted molar refractivity (Wildman–Crippen MR) is 115 cm³/mol. The Labute approximate surface area is 176 Å². The predicted octanol–water partition coefficient (Wildman–Crippen LogP) is 4.23. The molecule has 0 saturated carbocycles. The van der Waals surface area contributed by atoms with Crippen molar-refractivity contribution in [2.45, 2.75) is 18.9 Å². The SMILES string of the molecule is COc1cc(OC)nc(OC2(CC=Cc3cccc(C)c3)C=CC=CC2C=NO)n1. The normalized spacial score (nSPS) is 20.7. The van der Waals surface area contributed by atoms with Gasteiger partial charge in [-0.1, -0.05) is 60.2 Å². The second kappa shape index (κ2) is 9.73. The Bertz CT molecular complexity index is 962. The molecule has 0 bridgehead atoms. The lowest BCUT2D eigenvalue weighted by atomic mass is 9.81. The third-order valence-corrected chi connectivity index (χ3v) is 4.75. The summed E-state index contributed by atoms with van der Waals surface area (Å²) in [4.78, 5) is 8.57. The lowest BCUT2D eigenvalue weighted by Gasteiger charge is -2.35. The van der Waals surface area contributed by atoms with Crippen molar-refractivity contribution in [3.8, 4) is 17.8 Å². The van der Waals surface area contributed by atoms with E-state index in [9.17, 15) is 5.21 Å². The van der Waals surface area contributed by atoms with Crippen molar-refractivity contribution in [3.05, 3.63) is 71.8 Å². The van der Waals surface area contributed by atoms with E-state index in [-0.39, 0.29) is 11.9 Å². The van der Waals surface area contributed by atoms with Crippen LogP contribution in [0.3, 0.4) is 0 Å². The van der Waals surface area contributed by atoms with Gasteiger partial charge in [0.25, 0.3) is 0 Å². The van der Waals surface area contributed by atoms with Crippen molar-refractivity contribution in [3.63, 3.8) is 0 Å². The van der Waals surface area contributed by atoms with E-state index >= 15 is 0 Å². The first kappa shape index (κ1) is 21.1. The first-order valence-corrected chi connectivity index (χ1v) is 9.51. The van der Waals surface area contributed by atoms with E-state index in [4.69, 9.17) is 14.2 Å². The van der Waals surface area contributed by atoms with Gasteiger partial charge in [0.15, 0.2) is 0 Å². The van der Waals surface area contributed by atoms with Gasteiger partial charge in [-0.2, -0.15) is 9.97 Å². The minimum Gasteiger partial charge on any atom is -0.481 e. The van der Waals surface area contributed by atoms with Gasteiger partial charge in [0.1, 0.15) is 5.60 Å². The van der Waals surface area contributed by atoms with Gasteiger partial charge < -0.3 is 19.4 Å². The largest absolute Gasteiger partial charge is 0.481 e. The molecule has 1 heterocycles. The molecule has 0 saturated heterocycles. The highest BCUT2D eigenvalue weighted by molar-refractivity contribution is 5.67. The van der Waals surface area contributed by atoms with Crippen LogP contribution in [0.4, 0.5) is 0 Å². The molecule has 0 spiro atoms. The monoisotopic (exact) mass is 407 g/mol. The zero-order chi connectivity index (χ0) is 21.4. The molecule has 2 unspecified atom stereocenters. The number of benzene rings is 1. The van der Waals surface area contributed by atoms with Crippen LogP contribution in [0.25, 0.3) is 6.08 Å². The van der Waals surface area contributed by atoms with Crippen LogP contribution in [0.2, 0.25) is 0 Å². The number of nitrogens with zero attached hydrogens (tertiary/aromatic N) is 3. The fourth-order valence-electron chi connectivity index (χ4n) is 3.23. The highest BCUT2D eigenvalue weighted by Gasteiger charge is 2.38. The van der Waals surface area contributed by atoms with E-state index in [1.54, 1.807) is 6.07 Å². The third-order valence-electron chi connectivity index (χ3n) is 4.75. The summed E-state index contributed by atoms with van der Waals surface area (Å²) in [5.41, 5.74) is 1.39. The Morgan fingerprint density at radius 1 is 1.13 bits per heavy atom. The van der Waals surface area contributed by atoms with Crippen molar-refractivity contribution in [2.75, 3.05) is 14.2 Å². The van der Waals surface area contributed by atoms with Crippen LogP contribution in [-0.4, -0.2) is 41.2 Å². The fraction of sp³-hybridized carbons (Fsp3) is 0.261. The summed E-state index contributed by atoms with van der Waals surface area (Å²) in [7, 11) is 3.02. The van der Waals surface area contributed by atoms with Crippen LogP contribution >= 0.6 is 0 Å². The van der Waals surface area contributed by atoms with E-state index < -0.39 is 5.60 Å². The minimum absolute atomic E-state index is 0.103. The lowest BCUT2D eigenvalue weighted by molar-refractivity contribution is 0.0879. The zero-order valence-corrected chi connectivity index (χ0v) is 17.2. The summed E-state index contributed by atoms with van der Waals surface area (Å²) in [5.74, 6) is 0.311. The summed E-state index contributed by atoms with van der Waals surface area (Å²) in [6.07, 6.45) is 13.6. The Hall–Kier alpha value is -3.61. The van der Waals surface area contributed by atoms with Gasteiger partial charge >= 0.3 is 6.01 Å². The summed E-state index contributed by atoms with van der Waals surface area (Å²) in [6, 6.07) is 9.88. The molecule has 1 N–H and O–H groups in total. The van der Waals surface area contributed by atoms with Crippen molar-refractivity contribution in [2.24, 2.45) is 11.1 Å². The smallest absolute Gasteiger partial charge is 0.324 e. The van der Waals surface area contributed by atoms with E-state index in [0.717, 1.165) is 5.56 Å². The molecule has 30 heavy (non-hydrogen) atoms. The first-order chi connectivity index (χ1) is 14.6. The molecule has 1 aliphatic rings. The third kappa shape index (κ3) is 5.05. The molecule has 156 valence electrons. The highest BCUT2D eigenvalue weighted by Crippen LogP contribution is 2.33. The van der Waals surface area contributed by atoms with Crippen molar-refractivity contribution in [1.82, 2.24) is 9.97 Å². The Kier molecular flexibility index (Phi) is 6.85. The summed E-state index contributed by atoms with van der Waals surface area (Å²) in [5, 5.41) is 12.4. The van der Waals surface area contributed by atoms with E-state index in [0.29, 0.717) is 18.2 Å². The van der Waals surface area contributed by atoms with Crippen LogP contribution in [0, 0.1) is 12.8 Å².